The van der Waals surface area contributed by atoms with Crippen LogP contribution >= 0.6 is 0 Å². The number of methoxy groups -OCH3 is 1. The Morgan fingerprint density at radius 2 is 1.60 bits per heavy atom. The number of anilines is 1. The predicted molar refractivity (Wildman–Crippen MR) is 97.2 cm³/mol. The number of ether oxygens (including phenoxy) is 1. The fourth-order valence-corrected chi connectivity index (χ4v) is 3.04. The Morgan fingerprint density at radius 3 is 2.24 bits per heavy atom. The molecule has 0 saturated carbocycles. The second-order valence-electron chi connectivity index (χ2n) is 5.67. The van der Waals surface area contributed by atoms with Gasteiger partial charge in [0.15, 0.2) is 0 Å². The SMILES string of the molecule is CCN1C(=O)C(c2ccccc2OC)=C(N(C)c2ccccc2)C1=O. The van der Waals surface area contributed by atoms with Crippen LogP contribution in [0.2, 0.25) is 0 Å². The van der Waals surface area contributed by atoms with Crippen LogP contribution in [0.5, 0.6) is 5.75 Å². The molecule has 0 bridgehead atoms. The highest BCUT2D eigenvalue weighted by atomic mass is 16.5. The van der Waals surface area contributed by atoms with Crippen LogP contribution in [0.4, 0.5) is 5.69 Å². The smallest absolute Gasteiger partial charge is 0.278 e. The van der Waals surface area contributed by atoms with Gasteiger partial charge in [-0.3, -0.25) is 14.5 Å². The zero-order valence-electron chi connectivity index (χ0n) is 14.5. The number of carbonyl (C=O) groups is 2. The number of hydrogen-bond donors (Lipinski definition) is 0. The lowest BCUT2D eigenvalue weighted by molar-refractivity contribution is -0.136. The summed E-state index contributed by atoms with van der Waals surface area (Å²) in [6.45, 7) is 2.11. The zero-order chi connectivity index (χ0) is 18.0. The fourth-order valence-electron chi connectivity index (χ4n) is 3.04. The Bertz CT molecular complexity index is 843. The van der Waals surface area contributed by atoms with Crippen molar-refractivity contribution in [2.45, 2.75) is 6.92 Å². The molecule has 0 aliphatic carbocycles. The van der Waals surface area contributed by atoms with Crippen molar-refractivity contribution >= 4 is 23.1 Å². The summed E-state index contributed by atoms with van der Waals surface area (Å²) in [5.74, 6) is -0.0231. The molecule has 5 heteroatoms. The van der Waals surface area contributed by atoms with Crippen molar-refractivity contribution in [3.8, 4) is 5.75 Å². The number of benzene rings is 2. The van der Waals surface area contributed by atoms with Gasteiger partial charge in [-0.15, -0.1) is 0 Å². The molecule has 0 unspecified atom stereocenters. The van der Waals surface area contributed by atoms with Crippen LogP contribution in [-0.2, 0) is 9.59 Å². The van der Waals surface area contributed by atoms with E-state index in [2.05, 4.69) is 0 Å². The molecule has 0 atom stereocenters. The van der Waals surface area contributed by atoms with Crippen molar-refractivity contribution in [2.24, 2.45) is 0 Å². The lowest BCUT2D eigenvalue weighted by Gasteiger charge is -2.21. The summed E-state index contributed by atoms with van der Waals surface area (Å²) in [6.07, 6.45) is 0. The van der Waals surface area contributed by atoms with Crippen molar-refractivity contribution in [2.75, 3.05) is 25.6 Å². The van der Waals surface area contributed by atoms with E-state index >= 15 is 0 Å². The van der Waals surface area contributed by atoms with Gasteiger partial charge < -0.3 is 9.64 Å². The Labute approximate surface area is 147 Å². The molecule has 25 heavy (non-hydrogen) atoms. The maximum atomic E-state index is 12.9. The summed E-state index contributed by atoms with van der Waals surface area (Å²) in [5.41, 5.74) is 2.19. The molecule has 0 aromatic heterocycles. The first-order chi connectivity index (χ1) is 12.1. The molecule has 1 aliphatic heterocycles. The third-order valence-electron chi connectivity index (χ3n) is 4.31. The Morgan fingerprint density at radius 1 is 0.960 bits per heavy atom. The number of para-hydroxylation sites is 2. The molecule has 5 nitrogen and oxygen atoms in total. The van der Waals surface area contributed by atoms with E-state index in [9.17, 15) is 9.59 Å². The van der Waals surface area contributed by atoms with E-state index in [1.165, 1.54) is 4.90 Å². The highest BCUT2D eigenvalue weighted by Crippen LogP contribution is 2.36. The van der Waals surface area contributed by atoms with Gasteiger partial charge in [-0.1, -0.05) is 36.4 Å². The maximum Gasteiger partial charge on any atom is 0.278 e. The summed E-state index contributed by atoms with van der Waals surface area (Å²) in [5, 5.41) is 0. The molecule has 0 saturated heterocycles. The fraction of sp³-hybridized carbons (Fsp3) is 0.200. The van der Waals surface area contributed by atoms with E-state index in [-0.39, 0.29) is 11.8 Å². The van der Waals surface area contributed by atoms with E-state index in [1.807, 2.05) is 42.5 Å². The molecule has 0 radical (unpaired) electrons. The monoisotopic (exact) mass is 336 g/mol. The number of likely N-dealkylation sites (N-methyl/N-ethyl adjacent to an activating group) is 2. The number of carbonyl (C=O) groups excluding carboxylic acids is 2. The maximum absolute atomic E-state index is 12.9. The second kappa shape index (κ2) is 6.81. The molecule has 3 rings (SSSR count). The van der Waals surface area contributed by atoms with Crippen molar-refractivity contribution < 1.29 is 14.3 Å². The minimum Gasteiger partial charge on any atom is -0.496 e. The third kappa shape index (κ3) is 2.78. The quantitative estimate of drug-likeness (QED) is 0.788. The second-order valence-corrected chi connectivity index (χ2v) is 5.67. The van der Waals surface area contributed by atoms with Gasteiger partial charge in [0.1, 0.15) is 11.4 Å². The molecular formula is C20H20N2O3. The first-order valence-electron chi connectivity index (χ1n) is 8.12. The average Bonchev–Trinajstić information content (AvgIpc) is 2.91. The van der Waals surface area contributed by atoms with Gasteiger partial charge in [-0.05, 0) is 25.1 Å². The van der Waals surface area contributed by atoms with Crippen molar-refractivity contribution in [3.05, 3.63) is 65.9 Å². The van der Waals surface area contributed by atoms with Crippen LogP contribution in [0.25, 0.3) is 5.57 Å². The van der Waals surface area contributed by atoms with Crippen LogP contribution in [0.1, 0.15) is 12.5 Å². The predicted octanol–water partition coefficient (Wildman–Crippen LogP) is 2.93. The molecule has 2 aromatic carbocycles. The molecule has 2 aromatic rings. The summed E-state index contributed by atoms with van der Waals surface area (Å²) in [7, 11) is 3.35. The summed E-state index contributed by atoms with van der Waals surface area (Å²) in [4.78, 5) is 28.9. The number of hydrogen-bond acceptors (Lipinski definition) is 4. The third-order valence-corrected chi connectivity index (χ3v) is 4.31. The van der Waals surface area contributed by atoms with Gasteiger partial charge in [-0.2, -0.15) is 0 Å². The molecule has 128 valence electrons. The lowest BCUT2D eigenvalue weighted by atomic mass is 10.0. The number of nitrogens with zero attached hydrogens (tertiary/aromatic N) is 2. The summed E-state index contributed by atoms with van der Waals surface area (Å²) in [6, 6.07) is 16.8. The van der Waals surface area contributed by atoms with Crippen LogP contribution in [0, 0.1) is 0 Å². The first kappa shape index (κ1) is 16.8. The van der Waals surface area contributed by atoms with Gasteiger partial charge in [0, 0.05) is 24.8 Å². The molecule has 2 amide bonds. The van der Waals surface area contributed by atoms with Gasteiger partial charge in [-0.25, -0.2) is 0 Å². The largest absolute Gasteiger partial charge is 0.496 e. The molecular weight excluding hydrogens is 316 g/mol. The van der Waals surface area contributed by atoms with E-state index in [4.69, 9.17) is 4.74 Å². The topological polar surface area (TPSA) is 49.9 Å². The van der Waals surface area contributed by atoms with Crippen LogP contribution < -0.4 is 9.64 Å². The average molecular weight is 336 g/mol. The van der Waals surface area contributed by atoms with Crippen molar-refractivity contribution in [1.29, 1.82) is 0 Å². The summed E-state index contributed by atoms with van der Waals surface area (Å²) < 4.78 is 5.41. The Hall–Kier alpha value is -3.08. The standard InChI is InChI=1S/C20H20N2O3/c1-4-22-19(23)17(15-12-8-9-13-16(15)25-3)18(20(22)24)21(2)14-10-6-5-7-11-14/h5-13H,4H2,1-3H3. The molecule has 1 aliphatic rings. The van der Waals surface area contributed by atoms with Gasteiger partial charge in [0.05, 0.1) is 12.7 Å². The number of rotatable bonds is 5. The minimum atomic E-state index is -0.296. The number of imide groups is 1. The van der Waals surface area contributed by atoms with Gasteiger partial charge >= 0.3 is 0 Å². The summed E-state index contributed by atoms with van der Waals surface area (Å²) >= 11 is 0. The Kier molecular flexibility index (Phi) is 4.57. The number of amides is 2. The highest BCUT2D eigenvalue weighted by molar-refractivity contribution is 6.37. The van der Waals surface area contributed by atoms with E-state index < -0.39 is 0 Å². The van der Waals surface area contributed by atoms with Crippen molar-refractivity contribution in [3.63, 3.8) is 0 Å². The van der Waals surface area contributed by atoms with E-state index in [0.29, 0.717) is 29.1 Å². The Balaban J connectivity index is 2.22. The molecule has 0 fully saturated rings. The minimum absolute atomic E-state index is 0.292. The zero-order valence-corrected chi connectivity index (χ0v) is 14.5. The van der Waals surface area contributed by atoms with E-state index in [0.717, 1.165) is 5.69 Å². The molecule has 0 N–H and O–H groups in total. The highest BCUT2D eigenvalue weighted by Gasteiger charge is 2.41. The lowest BCUT2D eigenvalue weighted by Crippen LogP contribution is -2.33. The molecule has 1 heterocycles. The van der Waals surface area contributed by atoms with Crippen LogP contribution in [0.15, 0.2) is 60.3 Å². The van der Waals surface area contributed by atoms with Crippen LogP contribution in [0.3, 0.4) is 0 Å². The van der Waals surface area contributed by atoms with Gasteiger partial charge in [0.2, 0.25) is 0 Å². The van der Waals surface area contributed by atoms with E-state index in [1.54, 1.807) is 38.1 Å². The normalized spacial score (nSPS) is 14.3. The first-order valence-corrected chi connectivity index (χ1v) is 8.12. The van der Waals surface area contributed by atoms with Gasteiger partial charge in [0.25, 0.3) is 11.8 Å². The van der Waals surface area contributed by atoms with Crippen LogP contribution in [-0.4, -0.2) is 37.4 Å². The van der Waals surface area contributed by atoms with Crippen molar-refractivity contribution in [1.82, 2.24) is 4.90 Å². The molecule has 0 spiro atoms.